The molecule has 0 radical (unpaired) electrons. The normalized spacial score (nSPS) is 10.3. The summed E-state index contributed by atoms with van der Waals surface area (Å²) in [5.41, 5.74) is 2.45. The Bertz CT molecular complexity index is 692. The van der Waals surface area contributed by atoms with Crippen molar-refractivity contribution >= 4 is 17.1 Å². The summed E-state index contributed by atoms with van der Waals surface area (Å²) in [6.45, 7) is 0. The molecule has 3 nitrogen and oxygen atoms in total. The lowest BCUT2D eigenvalue weighted by atomic mass is 10.1. The monoisotopic (exact) mass is 266 g/mol. The van der Waals surface area contributed by atoms with Gasteiger partial charge in [0.25, 0.3) is 0 Å². The summed E-state index contributed by atoms with van der Waals surface area (Å²) in [7, 11) is 0. The lowest BCUT2D eigenvalue weighted by Gasteiger charge is -1.96. The van der Waals surface area contributed by atoms with E-state index >= 15 is 0 Å². The molecule has 0 atom stereocenters. The molecule has 2 aromatic heterocycles. The maximum absolute atomic E-state index is 12.2. The zero-order valence-electron chi connectivity index (χ0n) is 9.98. The zero-order chi connectivity index (χ0) is 13.1. The van der Waals surface area contributed by atoms with E-state index in [0.29, 0.717) is 10.6 Å². The molecule has 0 spiro atoms. The minimum Gasteiger partial charge on any atom is -0.286 e. The molecule has 92 valence electrons. The van der Waals surface area contributed by atoms with Crippen LogP contribution < -0.4 is 0 Å². The second-order valence-corrected chi connectivity index (χ2v) is 4.83. The Morgan fingerprint density at radius 2 is 1.74 bits per heavy atom. The van der Waals surface area contributed by atoms with Gasteiger partial charge in [0.15, 0.2) is 5.01 Å². The molecule has 0 fully saturated rings. The number of nitrogens with zero attached hydrogens (tertiary/aromatic N) is 2. The number of benzene rings is 1. The van der Waals surface area contributed by atoms with E-state index in [1.165, 1.54) is 11.3 Å². The van der Waals surface area contributed by atoms with Crippen LogP contribution in [0.1, 0.15) is 15.4 Å². The molecule has 3 rings (SSSR count). The van der Waals surface area contributed by atoms with Crippen LogP contribution in [-0.4, -0.2) is 15.8 Å². The lowest BCUT2D eigenvalue weighted by molar-refractivity contribution is 0.103. The van der Waals surface area contributed by atoms with Crippen molar-refractivity contribution in [1.29, 1.82) is 0 Å². The summed E-state index contributed by atoms with van der Waals surface area (Å²) >= 11 is 1.37. The van der Waals surface area contributed by atoms with Crippen LogP contribution in [0.25, 0.3) is 11.3 Å². The predicted molar refractivity (Wildman–Crippen MR) is 75.2 cm³/mol. The Balaban J connectivity index is 1.92. The van der Waals surface area contributed by atoms with Crippen molar-refractivity contribution in [1.82, 2.24) is 9.97 Å². The first-order chi connectivity index (χ1) is 9.34. The first kappa shape index (κ1) is 11.7. The van der Waals surface area contributed by atoms with E-state index in [-0.39, 0.29) is 5.78 Å². The fraction of sp³-hybridized carbons (Fsp3) is 0. The summed E-state index contributed by atoms with van der Waals surface area (Å²) < 4.78 is 0. The summed E-state index contributed by atoms with van der Waals surface area (Å²) in [6, 6.07) is 13.0. The van der Waals surface area contributed by atoms with Gasteiger partial charge in [0, 0.05) is 28.9 Å². The minimum absolute atomic E-state index is 0.0362. The molecule has 0 aliphatic rings. The zero-order valence-corrected chi connectivity index (χ0v) is 10.8. The molecule has 0 aliphatic carbocycles. The first-order valence-electron chi connectivity index (χ1n) is 5.80. The van der Waals surface area contributed by atoms with Crippen molar-refractivity contribution in [3.05, 3.63) is 70.8 Å². The van der Waals surface area contributed by atoms with E-state index in [4.69, 9.17) is 0 Å². The topological polar surface area (TPSA) is 42.9 Å². The van der Waals surface area contributed by atoms with Crippen molar-refractivity contribution < 1.29 is 4.79 Å². The van der Waals surface area contributed by atoms with Gasteiger partial charge in [0.1, 0.15) is 0 Å². The molecule has 4 heteroatoms. The number of ketones is 1. The predicted octanol–water partition coefficient (Wildman–Crippen LogP) is 3.44. The maximum atomic E-state index is 12.2. The van der Waals surface area contributed by atoms with Crippen LogP contribution in [0.3, 0.4) is 0 Å². The SMILES string of the molecule is O=C(c1ccccc1)c1nc(-c2ccncc2)cs1. The van der Waals surface area contributed by atoms with Crippen LogP contribution in [0, 0.1) is 0 Å². The molecule has 1 aromatic carbocycles. The number of carbonyl (C=O) groups excluding carboxylic acids is 1. The smallest absolute Gasteiger partial charge is 0.221 e. The number of thiazole rings is 1. The Kier molecular flexibility index (Phi) is 3.16. The Morgan fingerprint density at radius 1 is 1.00 bits per heavy atom. The van der Waals surface area contributed by atoms with Gasteiger partial charge in [-0.3, -0.25) is 9.78 Å². The molecule has 3 aromatic rings. The highest BCUT2D eigenvalue weighted by Crippen LogP contribution is 2.22. The number of hydrogen-bond donors (Lipinski definition) is 0. The lowest BCUT2D eigenvalue weighted by Crippen LogP contribution is -1.99. The highest BCUT2D eigenvalue weighted by atomic mass is 32.1. The van der Waals surface area contributed by atoms with Crippen LogP contribution in [0.5, 0.6) is 0 Å². The van der Waals surface area contributed by atoms with Gasteiger partial charge in [-0.15, -0.1) is 11.3 Å². The largest absolute Gasteiger partial charge is 0.286 e. The average Bonchev–Trinajstić information content (AvgIpc) is 2.98. The summed E-state index contributed by atoms with van der Waals surface area (Å²) in [5.74, 6) is -0.0362. The molecule has 0 bridgehead atoms. The van der Waals surface area contributed by atoms with Crippen molar-refractivity contribution in [2.45, 2.75) is 0 Å². The third kappa shape index (κ3) is 2.44. The number of carbonyl (C=O) groups is 1. The highest BCUT2D eigenvalue weighted by molar-refractivity contribution is 7.12. The fourth-order valence-corrected chi connectivity index (χ4v) is 2.53. The Labute approximate surface area is 114 Å². The van der Waals surface area contributed by atoms with Gasteiger partial charge >= 0.3 is 0 Å². The highest BCUT2D eigenvalue weighted by Gasteiger charge is 2.13. The second kappa shape index (κ2) is 5.12. The van der Waals surface area contributed by atoms with Crippen LogP contribution >= 0.6 is 11.3 Å². The quantitative estimate of drug-likeness (QED) is 0.682. The van der Waals surface area contributed by atoms with Crippen molar-refractivity contribution in [2.24, 2.45) is 0 Å². The van der Waals surface area contributed by atoms with E-state index in [1.807, 2.05) is 35.7 Å². The van der Waals surface area contributed by atoms with Gasteiger partial charge in [-0.2, -0.15) is 0 Å². The number of pyridine rings is 1. The third-order valence-electron chi connectivity index (χ3n) is 2.71. The molecule has 0 amide bonds. The van der Waals surface area contributed by atoms with Gasteiger partial charge in [0.2, 0.25) is 5.78 Å². The Morgan fingerprint density at radius 3 is 2.47 bits per heavy atom. The molecule has 19 heavy (non-hydrogen) atoms. The van der Waals surface area contributed by atoms with Crippen LogP contribution in [0.2, 0.25) is 0 Å². The Hall–Kier alpha value is -2.33. The molecule has 0 saturated heterocycles. The van der Waals surface area contributed by atoms with Crippen LogP contribution in [-0.2, 0) is 0 Å². The standard InChI is InChI=1S/C15H10N2OS/c18-14(12-4-2-1-3-5-12)15-17-13(10-19-15)11-6-8-16-9-7-11/h1-10H. The number of hydrogen-bond acceptors (Lipinski definition) is 4. The van der Waals surface area contributed by atoms with E-state index in [9.17, 15) is 4.79 Å². The summed E-state index contributed by atoms with van der Waals surface area (Å²) in [6.07, 6.45) is 3.43. The number of rotatable bonds is 3. The van der Waals surface area contributed by atoms with E-state index in [0.717, 1.165) is 11.3 Å². The fourth-order valence-electron chi connectivity index (χ4n) is 1.75. The average molecular weight is 266 g/mol. The second-order valence-electron chi connectivity index (χ2n) is 3.97. The van der Waals surface area contributed by atoms with E-state index in [1.54, 1.807) is 24.5 Å². The van der Waals surface area contributed by atoms with Crippen molar-refractivity contribution in [3.63, 3.8) is 0 Å². The molecular weight excluding hydrogens is 256 g/mol. The van der Waals surface area contributed by atoms with E-state index in [2.05, 4.69) is 9.97 Å². The molecule has 0 N–H and O–H groups in total. The molecule has 2 heterocycles. The minimum atomic E-state index is -0.0362. The van der Waals surface area contributed by atoms with E-state index < -0.39 is 0 Å². The van der Waals surface area contributed by atoms with Gasteiger partial charge in [-0.05, 0) is 12.1 Å². The molecule has 0 saturated carbocycles. The number of aromatic nitrogens is 2. The van der Waals surface area contributed by atoms with Gasteiger partial charge < -0.3 is 0 Å². The summed E-state index contributed by atoms with van der Waals surface area (Å²) in [5, 5.41) is 2.41. The summed E-state index contributed by atoms with van der Waals surface area (Å²) in [4.78, 5) is 20.6. The van der Waals surface area contributed by atoms with Crippen molar-refractivity contribution in [3.8, 4) is 11.3 Å². The van der Waals surface area contributed by atoms with Gasteiger partial charge in [0.05, 0.1) is 5.69 Å². The van der Waals surface area contributed by atoms with Crippen molar-refractivity contribution in [2.75, 3.05) is 0 Å². The third-order valence-corrected chi connectivity index (χ3v) is 3.55. The van der Waals surface area contributed by atoms with Gasteiger partial charge in [-0.25, -0.2) is 4.98 Å². The first-order valence-corrected chi connectivity index (χ1v) is 6.68. The molecular formula is C15H10N2OS. The van der Waals surface area contributed by atoms with Crippen LogP contribution in [0.4, 0.5) is 0 Å². The van der Waals surface area contributed by atoms with Gasteiger partial charge in [-0.1, -0.05) is 30.3 Å². The maximum Gasteiger partial charge on any atom is 0.221 e. The molecule has 0 unspecified atom stereocenters. The van der Waals surface area contributed by atoms with Crippen LogP contribution in [0.15, 0.2) is 60.2 Å². The molecule has 0 aliphatic heterocycles.